The number of amides is 1. The third kappa shape index (κ3) is 6.57. The van der Waals surface area contributed by atoms with E-state index in [1.807, 2.05) is 24.3 Å². The zero-order chi connectivity index (χ0) is 14.8. The van der Waals surface area contributed by atoms with E-state index in [2.05, 4.69) is 31.4 Å². The fourth-order valence-corrected chi connectivity index (χ4v) is 1.74. The van der Waals surface area contributed by atoms with Crippen molar-refractivity contribution in [2.75, 3.05) is 26.2 Å². The smallest absolute Gasteiger partial charge is 0.257 e. The number of hydrogen-bond donors (Lipinski definition) is 2. The van der Waals surface area contributed by atoms with Crippen LogP contribution < -0.4 is 15.4 Å². The first kappa shape index (κ1) is 16.5. The van der Waals surface area contributed by atoms with Crippen LogP contribution >= 0.6 is 0 Å². The molecule has 1 rings (SSSR count). The van der Waals surface area contributed by atoms with Crippen LogP contribution in [0.2, 0.25) is 0 Å². The van der Waals surface area contributed by atoms with Gasteiger partial charge in [-0.1, -0.05) is 32.9 Å². The summed E-state index contributed by atoms with van der Waals surface area (Å²) in [6.45, 7) is 8.89. The Hall–Kier alpha value is -1.55. The molecule has 0 unspecified atom stereocenters. The maximum absolute atomic E-state index is 11.6. The lowest BCUT2D eigenvalue weighted by molar-refractivity contribution is -0.123. The molecule has 0 aliphatic heterocycles. The van der Waals surface area contributed by atoms with Crippen molar-refractivity contribution in [1.82, 2.24) is 10.6 Å². The van der Waals surface area contributed by atoms with Gasteiger partial charge in [0, 0.05) is 13.1 Å². The molecule has 0 aromatic heterocycles. The molecular formula is C16H26N2O2. The Kier molecular flexibility index (Phi) is 7.73. The summed E-state index contributed by atoms with van der Waals surface area (Å²) in [6.07, 6.45) is 1.10. The average molecular weight is 278 g/mol. The molecule has 0 spiro atoms. The van der Waals surface area contributed by atoms with Crippen molar-refractivity contribution in [2.24, 2.45) is 0 Å². The normalized spacial score (nSPS) is 10.6. The number of hydrogen-bond acceptors (Lipinski definition) is 3. The Morgan fingerprint density at radius 3 is 2.45 bits per heavy atom. The van der Waals surface area contributed by atoms with Crippen LogP contribution in [0, 0.1) is 0 Å². The van der Waals surface area contributed by atoms with E-state index in [0.717, 1.165) is 25.3 Å². The topological polar surface area (TPSA) is 50.4 Å². The highest BCUT2D eigenvalue weighted by Crippen LogP contribution is 2.18. The molecule has 2 N–H and O–H groups in total. The van der Waals surface area contributed by atoms with Crippen LogP contribution in [0.5, 0.6) is 5.75 Å². The van der Waals surface area contributed by atoms with Crippen LogP contribution in [0.15, 0.2) is 24.3 Å². The number of rotatable bonds is 9. The van der Waals surface area contributed by atoms with Gasteiger partial charge in [-0.3, -0.25) is 4.79 Å². The minimum Gasteiger partial charge on any atom is -0.484 e. The Bertz CT molecular complexity index is 388. The van der Waals surface area contributed by atoms with E-state index in [9.17, 15) is 4.79 Å². The van der Waals surface area contributed by atoms with Crippen molar-refractivity contribution in [1.29, 1.82) is 0 Å². The monoisotopic (exact) mass is 278 g/mol. The van der Waals surface area contributed by atoms with Crippen LogP contribution in [-0.4, -0.2) is 32.1 Å². The molecule has 0 atom stereocenters. The highest BCUT2D eigenvalue weighted by atomic mass is 16.5. The van der Waals surface area contributed by atoms with E-state index in [1.54, 1.807) is 0 Å². The van der Waals surface area contributed by atoms with Gasteiger partial charge in [0.25, 0.3) is 5.91 Å². The lowest BCUT2D eigenvalue weighted by atomic mass is 10.0. The second-order valence-corrected chi connectivity index (χ2v) is 5.11. The minimum atomic E-state index is -0.0868. The minimum absolute atomic E-state index is 0.0643. The van der Waals surface area contributed by atoms with Gasteiger partial charge in [0.2, 0.25) is 0 Å². The SMILES string of the molecule is CCCNCCNC(=O)COc1ccc(C(C)C)cc1. The van der Waals surface area contributed by atoms with Crippen molar-refractivity contribution >= 4 is 5.91 Å². The molecule has 0 aliphatic carbocycles. The summed E-state index contributed by atoms with van der Waals surface area (Å²) in [7, 11) is 0. The maximum atomic E-state index is 11.6. The Balaban J connectivity index is 2.20. The first-order chi connectivity index (χ1) is 9.63. The molecule has 0 bridgehead atoms. The van der Waals surface area contributed by atoms with E-state index in [4.69, 9.17) is 4.74 Å². The van der Waals surface area contributed by atoms with Crippen LogP contribution in [0.1, 0.15) is 38.7 Å². The van der Waals surface area contributed by atoms with Crippen molar-refractivity contribution in [3.8, 4) is 5.75 Å². The number of carbonyl (C=O) groups is 1. The highest BCUT2D eigenvalue weighted by molar-refractivity contribution is 5.77. The van der Waals surface area contributed by atoms with Gasteiger partial charge in [0.1, 0.15) is 5.75 Å². The Morgan fingerprint density at radius 1 is 1.15 bits per heavy atom. The van der Waals surface area contributed by atoms with Gasteiger partial charge in [0.15, 0.2) is 6.61 Å². The van der Waals surface area contributed by atoms with Gasteiger partial charge in [-0.05, 0) is 36.6 Å². The van der Waals surface area contributed by atoms with Gasteiger partial charge in [-0.15, -0.1) is 0 Å². The molecule has 1 aromatic rings. The molecule has 4 heteroatoms. The molecule has 20 heavy (non-hydrogen) atoms. The predicted molar refractivity (Wildman–Crippen MR) is 82.2 cm³/mol. The average Bonchev–Trinajstić information content (AvgIpc) is 2.45. The van der Waals surface area contributed by atoms with Gasteiger partial charge in [-0.2, -0.15) is 0 Å². The molecule has 1 amide bonds. The van der Waals surface area contributed by atoms with E-state index < -0.39 is 0 Å². The van der Waals surface area contributed by atoms with Crippen LogP contribution in [0.25, 0.3) is 0 Å². The maximum Gasteiger partial charge on any atom is 0.257 e. The Labute approximate surface area is 121 Å². The third-order valence-corrected chi connectivity index (χ3v) is 2.97. The quantitative estimate of drug-likeness (QED) is 0.682. The van der Waals surface area contributed by atoms with Gasteiger partial charge in [0.05, 0.1) is 0 Å². The zero-order valence-corrected chi connectivity index (χ0v) is 12.7. The summed E-state index contributed by atoms with van der Waals surface area (Å²) in [6, 6.07) is 7.88. The van der Waals surface area contributed by atoms with Gasteiger partial charge in [-0.25, -0.2) is 0 Å². The number of benzene rings is 1. The summed E-state index contributed by atoms with van der Waals surface area (Å²) in [5.74, 6) is 1.15. The van der Waals surface area contributed by atoms with E-state index >= 15 is 0 Å². The predicted octanol–water partition coefficient (Wildman–Crippen LogP) is 2.30. The van der Waals surface area contributed by atoms with Crippen molar-refractivity contribution in [3.05, 3.63) is 29.8 Å². The standard InChI is InChI=1S/C16H26N2O2/c1-4-9-17-10-11-18-16(19)12-20-15-7-5-14(6-8-15)13(2)3/h5-8,13,17H,4,9-12H2,1-3H3,(H,18,19). The molecule has 4 nitrogen and oxygen atoms in total. The first-order valence-corrected chi connectivity index (χ1v) is 7.33. The third-order valence-electron chi connectivity index (χ3n) is 2.97. The Morgan fingerprint density at radius 2 is 1.85 bits per heavy atom. The second-order valence-electron chi connectivity index (χ2n) is 5.11. The van der Waals surface area contributed by atoms with Gasteiger partial charge >= 0.3 is 0 Å². The molecular weight excluding hydrogens is 252 g/mol. The summed E-state index contributed by atoms with van der Waals surface area (Å²) < 4.78 is 5.45. The van der Waals surface area contributed by atoms with Crippen molar-refractivity contribution in [2.45, 2.75) is 33.1 Å². The summed E-state index contributed by atoms with van der Waals surface area (Å²) in [5.41, 5.74) is 1.27. The first-order valence-electron chi connectivity index (χ1n) is 7.33. The molecule has 0 saturated carbocycles. The summed E-state index contributed by atoms with van der Waals surface area (Å²) >= 11 is 0. The number of nitrogens with one attached hydrogen (secondary N) is 2. The highest BCUT2D eigenvalue weighted by Gasteiger charge is 2.03. The lowest BCUT2D eigenvalue weighted by Gasteiger charge is -2.09. The zero-order valence-electron chi connectivity index (χ0n) is 12.7. The molecule has 0 radical (unpaired) electrons. The molecule has 0 saturated heterocycles. The van der Waals surface area contributed by atoms with Crippen molar-refractivity contribution in [3.63, 3.8) is 0 Å². The van der Waals surface area contributed by atoms with Crippen LogP contribution in [-0.2, 0) is 4.79 Å². The van der Waals surface area contributed by atoms with Crippen molar-refractivity contribution < 1.29 is 9.53 Å². The molecule has 1 aromatic carbocycles. The number of carbonyl (C=O) groups excluding carboxylic acids is 1. The van der Waals surface area contributed by atoms with E-state index in [-0.39, 0.29) is 12.5 Å². The summed E-state index contributed by atoms with van der Waals surface area (Å²) in [4.78, 5) is 11.6. The lowest BCUT2D eigenvalue weighted by Crippen LogP contribution is -2.35. The van der Waals surface area contributed by atoms with E-state index in [1.165, 1.54) is 5.56 Å². The fraction of sp³-hybridized carbons (Fsp3) is 0.562. The van der Waals surface area contributed by atoms with Gasteiger partial charge < -0.3 is 15.4 Å². The fourth-order valence-electron chi connectivity index (χ4n) is 1.74. The molecule has 0 aliphatic rings. The summed E-state index contributed by atoms with van der Waals surface area (Å²) in [5, 5.41) is 6.04. The van der Waals surface area contributed by atoms with Crippen LogP contribution in [0.3, 0.4) is 0 Å². The molecule has 112 valence electrons. The number of ether oxygens (including phenoxy) is 1. The second kappa shape index (κ2) is 9.37. The molecule has 0 heterocycles. The largest absolute Gasteiger partial charge is 0.484 e. The molecule has 0 fully saturated rings. The van der Waals surface area contributed by atoms with Crippen LogP contribution in [0.4, 0.5) is 0 Å². The van der Waals surface area contributed by atoms with E-state index in [0.29, 0.717) is 12.5 Å².